The zero-order valence-electron chi connectivity index (χ0n) is 12.1. The number of aliphatic hydroxyl groups is 1. The van der Waals surface area contributed by atoms with Crippen LogP contribution in [0.25, 0.3) is 0 Å². The van der Waals surface area contributed by atoms with E-state index < -0.39 is 18.8 Å². The predicted molar refractivity (Wildman–Crippen MR) is 76.4 cm³/mol. The lowest BCUT2D eigenvalue weighted by Crippen LogP contribution is -2.49. The monoisotopic (exact) mass is 302 g/mol. The number of benzene rings is 1. The van der Waals surface area contributed by atoms with E-state index in [1.807, 2.05) is 31.2 Å². The van der Waals surface area contributed by atoms with Crippen LogP contribution < -0.4 is 4.90 Å². The summed E-state index contributed by atoms with van der Waals surface area (Å²) < 4.78 is 37.0. The van der Waals surface area contributed by atoms with Gasteiger partial charge in [-0.05, 0) is 24.1 Å². The molecule has 3 nitrogen and oxygen atoms in total. The summed E-state index contributed by atoms with van der Waals surface area (Å²) in [5, 5.41) is 9.75. The predicted octanol–water partition coefficient (Wildman–Crippen LogP) is 2.81. The van der Waals surface area contributed by atoms with Crippen molar-refractivity contribution in [2.75, 3.05) is 37.6 Å². The van der Waals surface area contributed by atoms with Crippen molar-refractivity contribution in [3.63, 3.8) is 0 Å². The van der Waals surface area contributed by atoms with Crippen molar-refractivity contribution in [3.05, 3.63) is 29.8 Å². The fourth-order valence-corrected chi connectivity index (χ4v) is 2.56. The second-order valence-corrected chi connectivity index (χ2v) is 5.39. The van der Waals surface area contributed by atoms with E-state index in [2.05, 4.69) is 4.90 Å². The third-order valence-electron chi connectivity index (χ3n) is 3.80. The highest BCUT2D eigenvalue weighted by atomic mass is 19.4. The Balaban J connectivity index is 1.90. The van der Waals surface area contributed by atoms with Crippen molar-refractivity contribution in [3.8, 4) is 0 Å². The Morgan fingerprint density at radius 1 is 1.10 bits per heavy atom. The SMILES string of the molecule is CC[C@@H](O)c1ccc(N2CCN(CC(F)(F)F)CC2)cc1. The summed E-state index contributed by atoms with van der Waals surface area (Å²) in [6.07, 6.45) is -3.92. The molecule has 1 heterocycles. The Hall–Kier alpha value is -1.27. The Morgan fingerprint density at radius 2 is 1.67 bits per heavy atom. The number of rotatable bonds is 4. The maximum atomic E-state index is 12.3. The quantitative estimate of drug-likeness (QED) is 0.926. The molecule has 2 rings (SSSR count). The molecule has 0 radical (unpaired) electrons. The summed E-state index contributed by atoms with van der Waals surface area (Å²) in [7, 11) is 0. The van der Waals surface area contributed by atoms with Gasteiger partial charge in [-0.25, -0.2) is 0 Å². The molecule has 0 bridgehead atoms. The highest BCUT2D eigenvalue weighted by Crippen LogP contribution is 2.23. The van der Waals surface area contributed by atoms with Gasteiger partial charge in [0.2, 0.25) is 0 Å². The molecule has 1 aromatic carbocycles. The molecule has 0 spiro atoms. The first-order valence-corrected chi connectivity index (χ1v) is 7.21. The van der Waals surface area contributed by atoms with Crippen molar-refractivity contribution in [1.29, 1.82) is 0 Å². The third kappa shape index (κ3) is 4.61. The van der Waals surface area contributed by atoms with Gasteiger partial charge in [-0.2, -0.15) is 13.2 Å². The molecule has 1 aromatic rings. The number of hydrogen-bond donors (Lipinski definition) is 1. The molecule has 6 heteroatoms. The van der Waals surface area contributed by atoms with E-state index in [1.54, 1.807) is 0 Å². The van der Waals surface area contributed by atoms with E-state index in [-0.39, 0.29) is 0 Å². The minimum absolute atomic E-state index is 0.416. The van der Waals surface area contributed by atoms with Crippen LogP contribution in [-0.2, 0) is 0 Å². The van der Waals surface area contributed by atoms with E-state index in [1.165, 1.54) is 4.90 Å². The van der Waals surface area contributed by atoms with E-state index in [4.69, 9.17) is 0 Å². The maximum Gasteiger partial charge on any atom is 0.401 e. The molecular formula is C15H21F3N2O. The maximum absolute atomic E-state index is 12.3. The number of nitrogens with zero attached hydrogens (tertiary/aromatic N) is 2. The number of hydrogen-bond acceptors (Lipinski definition) is 3. The van der Waals surface area contributed by atoms with E-state index in [0.717, 1.165) is 11.3 Å². The standard InChI is InChI=1S/C15H21F3N2O/c1-2-14(21)12-3-5-13(6-4-12)20-9-7-19(8-10-20)11-15(16,17)18/h3-6,14,21H,2,7-11H2,1H3/t14-/m1/s1. The number of aliphatic hydroxyl groups excluding tert-OH is 1. The van der Waals surface area contributed by atoms with Crippen LogP contribution >= 0.6 is 0 Å². The van der Waals surface area contributed by atoms with E-state index >= 15 is 0 Å². The highest BCUT2D eigenvalue weighted by molar-refractivity contribution is 5.48. The normalized spacial score (nSPS) is 18.8. The van der Waals surface area contributed by atoms with Gasteiger partial charge in [-0.1, -0.05) is 19.1 Å². The average molecular weight is 302 g/mol. The summed E-state index contributed by atoms with van der Waals surface area (Å²) in [6, 6.07) is 7.61. The molecule has 21 heavy (non-hydrogen) atoms. The van der Waals surface area contributed by atoms with Gasteiger partial charge in [0.25, 0.3) is 0 Å². The van der Waals surface area contributed by atoms with Crippen molar-refractivity contribution < 1.29 is 18.3 Å². The zero-order chi connectivity index (χ0) is 15.5. The third-order valence-corrected chi connectivity index (χ3v) is 3.80. The van der Waals surface area contributed by atoms with Gasteiger partial charge < -0.3 is 10.0 Å². The molecular weight excluding hydrogens is 281 g/mol. The van der Waals surface area contributed by atoms with Crippen LogP contribution in [-0.4, -0.2) is 48.9 Å². The summed E-state index contributed by atoms with van der Waals surface area (Å²) in [4.78, 5) is 3.51. The Bertz CT molecular complexity index is 439. The van der Waals surface area contributed by atoms with Gasteiger partial charge in [-0.15, -0.1) is 0 Å². The van der Waals surface area contributed by atoms with Gasteiger partial charge in [0.1, 0.15) is 0 Å². The van der Waals surface area contributed by atoms with Crippen molar-refractivity contribution in [2.24, 2.45) is 0 Å². The second-order valence-electron chi connectivity index (χ2n) is 5.39. The first kappa shape index (κ1) is 16.1. The van der Waals surface area contributed by atoms with Crippen molar-refractivity contribution in [2.45, 2.75) is 25.6 Å². The van der Waals surface area contributed by atoms with Gasteiger partial charge >= 0.3 is 6.18 Å². The van der Waals surface area contributed by atoms with Crippen LogP contribution in [0.15, 0.2) is 24.3 Å². The second kappa shape index (κ2) is 6.66. The van der Waals surface area contributed by atoms with Gasteiger partial charge in [0.05, 0.1) is 12.6 Å². The molecule has 1 fully saturated rings. The molecule has 0 aromatic heterocycles. The Kier molecular flexibility index (Phi) is 5.11. The smallest absolute Gasteiger partial charge is 0.388 e. The minimum atomic E-state index is -4.12. The molecule has 118 valence electrons. The molecule has 0 unspecified atom stereocenters. The molecule has 0 saturated carbocycles. The molecule has 1 atom stereocenters. The summed E-state index contributed by atoms with van der Waals surface area (Å²) in [6.45, 7) is 3.09. The average Bonchev–Trinajstić information content (AvgIpc) is 2.46. The van der Waals surface area contributed by atoms with E-state index in [9.17, 15) is 18.3 Å². The lowest BCUT2D eigenvalue weighted by molar-refractivity contribution is -0.146. The van der Waals surface area contributed by atoms with Crippen LogP contribution in [0.3, 0.4) is 0 Å². The first-order chi connectivity index (χ1) is 9.89. The molecule has 1 aliphatic heterocycles. The van der Waals surface area contributed by atoms with Crippen molar-refractivity contribution in [1.82, 2.24) is 4.90 Å². The van der Waals surface area contributed by atoms with Crippen LogP contribution in [0.5, 0.6) is 0 Å². The molecule has 0 aliphatic carbocycles. The van der Waals surface area contributed by atoms with Gasteiger partial charge in [0.15, 0.2) is 0 Å². The van der Waals surface area contributed by atoms with Crippen LogP contribution in [0.2, 0.25) is 0 Å². The molecule has 1 saturated heterocycles. The Labute approximate surface area is 123 Å². The number of piperazine rings is 1. The number of alkyl halides is 3. The largest absolute Gasteiger partial charge is 0.401 e. The Morgan fingerprint density at radius 3 is 2.14 bits per heavy atom. The first-order valence-electron chi connectivity index (χ1n) is 7.21. The molecule has 1 aliphatic rings. The highest BCUT2D eigenvalue weighted by Gasteiger charge is 2.32. The van der Waals surface area contributed by atoms with Crippen LogP contribution in [0.1, 0.15) is 25.0 Å². The molecule has 0 amide bonds. The van der Waals surface area contributed by atoms with E-state index in [0.29, 0.717) is 32.6 Å². The summed E-state index contributed by atoms with van der Waals surface area (Å²) in [5.41, 5.74) is 1.87. The van der Waals surface area contributed by atoms with Gasteiger partial charge in [-0.3, -0.25) is 4.90 Å². The fraction of sp³-hybridized carbons (Fsp3) is 0.600. The zero-order valence-corrected chi connectivity index (χ0v) is 12.1. The lowest BCUT2D eigenvalue weighted by atomic mass is 10.1. The topological polar surface area (TPSA) is 26.7 Å². The van der Waals surface area contributed by atoms with Gasteiger partial charge in [0, 0.05) is 31.9 Å². The fourth-order valence-electron chi connectivity index (χ4n) is 2.56. The summed E-state index contributed by atoms with van der Waals surface area (Å²) in [5.74, 6) is 0. The summed E-state index contributed by atoms with van der Waals surface area (Å²) >= 11 is 0. The molecule has 1 N–H and O–H groups in total. The minimum Gasteiger partial charge on any atom is -0.388 e. The van der Waals surface area contributed by atoms with Crippen molar-refractivity contribution >= 4 is 5.69 Å². The van der Waals surface area contributed by atoms with Crippen LogP contribution in [0, 0.1) is 0 Å². The number of halogens is 3. The number of anilines is 1. The lowest BCUT2D eigenvalue weighted by Gasteiger charge is -2.36. The van der Waals surface area contributed by atoms with Crippen LogP contribution in [0.4, 0.5) is 18.9 Å².